The number of carboxylic acid groups (broad SMARTS) is 1. The van der Waals surface area contributed by atoms with Crippen molar-refractivity contribution in [3.63, 3.8) is 0 Å². The molecule has 152 valence electrons. The number of carbonyl (C=O) groups excluding carboxylic acids is 2. The number of nitrogens with one attached hydrogen (secondary N) is 1. The Morgan fingerprint density at radius 1 is 1.18 bits per heavy atom. The number of hydrogen-bond donors (Lipinski definition) is 2. The first kappa shape index (κ1) is 20.0. The summed E-state index contributed by atoms with van der Waals surface area (Å²) in [5, 5.41) is 12.4. The largest absolute Gasteiger partial charge is 0.480 e. The van der Waals surface area contributed by atoms with Crippen LogP contribution >= 0.6 is 0 Å². The summed E-state index contributed by atoms with van der Waals surface area (Å²) in [5.41, 5.74) is 0.131. The minimum atomic E-state index is -1.05. The molecule has 0 spiro atoms. The second-order valence-electron chi connectivity index (χ2n) is 8.28. The Bertz CT molecular complexity index is 745. The van der Waals surface area contributed by atoms with Crippen molar-refractivity contribution >= 4 is 18.2 Å². The Morgan fingerprint density at radius 3 is 2.46 bits per heavy atom. The zero-order valence-corrected chi connectivity index (χ0v) is 16.3. The molecule has 2 bridgehead atoms. The van der Waals surface area contributed by atoms with Crippen molar-refractivity contribution in [2.45, 2.75) is 63.9 Å². The Labute approximate surface area is 163 Å². The molecule has 1 aliphatic heterocycles. The molecule has 1 aliphatic carbocycles. The average Bonchev–Trinajstić information content (AvgIpc) is 3.17. The first-order chi connectivity index (χ1) is 13.2. The highest BCUT2D eigenvalue weighted by Gasteiger charge is 2.57. The second-order valence-corrected chi connectivity index (χ2v) is 8.28. The Kier molecular flexibility index (Phi) is 5.49. The number of fused-ring (bicyclic) bond motifs is 2. The van der Waals surface area contributed by atoms with E-state index in [0.29, 0.717) is 12.8 Å². The predicted molar refractivity (Wildman–Crippen MR) is 99.6 cm³/mol. The van der Waals surface area contributed by atoms with E-state index < -0.39 is 35.8 Å². The molecule has 0 radical (unpaired) electrons. The van der Waals surface area contributed by atoms with Crippen LogP contribution in [0, 0.1) is 5.92 Å². The number of hydrogen-bond acceptors (Lipinski definition) is 5. The van der Waals surface area contributed by atoms with Crippen LogP contribution in [0.1, 0.15) is 39.2 Å². The zero-order chi connectivity index (χ0) is 20.5. The molecule has 0 aromatic heterocycles. The van der Waals surface area contributed by atoms with E-state index in [0.717, 1.165) is 5.56 Å². The van der Waals surface area contributed by atoms with Gasteiger partial charge in [-0.25, -0.2) is 14.4 Å². The van der Waals surface area contributed by atoms with Crippen molar-refractivity contribution in [2.75, 3.05) is 0 Å². The third-order valence-corrected chi connectivity index (χ3v) is 5.04. The number of ether oxygens (including phenoxy) is 2. The lowest BCUT2D eigenvalue weighted by Gasteiger charge is -2.38. The van der Waals surface area contributed by atoms with E-state index >= 15 is 0 Å². The molecule has 1 aromatic rings. The van der Waals surface area contributed by atoms with E-state index in [1.807, 2.05) is 30.3 Å². The Hall–Kier alpha value is -2.77. The van der Waals surface area contributed by atoms with Crippen molar-refractivity contribution in [3.05, 3.63) is 35.9 Å². The lowest BCUT2D eigenvalue weighted by Crippen LogP contribution is -2.58. The van der Waals surface area contributed by atoms with Crippen molar-refractivity contribution in [3.8, 4) is 0 Å². The molecule has 1 aromatic carbocycles. The number of aliphatic carboxylic acids is 1. The van der Waals surface area contributed by atoms with Gasteiger partial charge < -0.3 is 19.9 Å². The van der Waals surface area contributed by atoms with E-state index in [-0.39, 0.29) is 18.6 Å². The number of amides is 2. The van der Waals surface area contributed by atoms with Crippen LogP contribution in [0.5, 0.6) is 0 Å². The highest BCUT2D eigenvalue weighted by atomic mass is 16.6. The molecule has 2 amide bonds. The van der Waals surface area contributed by atoms with E-state index in [2.05, 4.69) is 5.32 Å². The summed E-state index contributed by atoms with van der Waals surface area (Å²) in [5.74, 6) is -1.28. The number of nitrogens with zero attached hydrogens (tertiary/aromatic N) is 1. The molecular weight excluding hydrogens is 364 g/mol. The molecule has 2 fully saturated rings. The van der Waals surface area contributed by atoms with Gasteiger partial charge >= 0.3 is 18.2 Å². The molecule has 2 aliphatic rings. The van der Waals surface area contributed by atoms with E-state index in [1.54, 1.807) is 20.8 Å². The highest BCUT2D eigenvalue weighted by molar-refractivity contribution is 5.82. The fourth-order valence-electron chi connectivity index (χ4n) is 4.01. The summed E-state index contributed by atoms with van der Waals surface area (Å²) in [6, 6.07) is 7.58. The van der Waals surface area contributed by atoms with Gasteiger partial charge in [0.2, 0.25) is 0 Å². The first-order valence-electron chi connectivity index (χ1n) is 9.37. The summed E-state index contributed by atoms with van der Waals surface area (Å²) >= 11 is 0. The number of piperidine rings is 1. The standard InChI is InChI=1S/C20H26N2O6/c1-20(2,3)28-19(26)22-15-10-13(16(22)17(23)24)9-14(15)21-18(25)27-11-12-7-5-4-6-8-12/h4-8,13-16H,9-11H2,1-3H3,(H,21,25)(H,23,24)/t13-,14+,15-,16-/m0/s1. The van der Waals surface area contributed by atoms with Crippen molar-refractivity contribution in [1.82, 2.24) is 10.2 Å². The molecular formula is C20H26N2O6. The lowest BCUT2D eigenvalue weighted by atomic mass is 9.97. The number of carboxylic acids is 1. The minimum absolute atomic E-state index is 0.140. The third kappa shape index (κ3) is 4.37. The molecule has 4 atom stereocenters. The number of benzene rings is 1. The van der Waals surface area contributed by atoms with Gasteiger partial charge in [0.25, 0.3) is 0 Å². The normalized spacial score (nSPS) is 26.0. The number of likely N-dealkylation sites (tertiary alicyclic amines) is 1. The fourth-order valence-corrected chi connectivity index (χ4v) is 4.01. The number of carbonyl (C=O) groups is 3. The molecule has 28 heavy (non-hydrogen) atoms. The summed E-state index contributed by atoms with van der Waals surface area (Å²) < 4.78 is 10.6. The monoisotopic (exact) mass is 390 g/mol. The molecule has 1 saturated heterocycles. The molecule has 0 unspecified atom stereocenters. The van der Waals surface area contributed by atoms with Crippen LogP contribution in [-0.2, 0) is 20.9 Å². The molecule has 3 rings (SSSR count). The van der Waals surface area contributed by atoms with Crippen LogP contribution in [0.3, 0.4) is 0 Å². The zero-order valence-electron chi connectivity index (χ0n) is 16.3. The van der Waals surface area contributed by atoms with Gasteiger partial charge in [0.1, 0.15) is 18.2 Å². The minimum Gasteiger partial charge on any atom is -0.480 e. The van der Waals surface area contributed by atoms with Gasteiger partial charge in [-0.05, 0) is 45.1 Å². The van der Waals surface area contributed by atoms with Crippen LogP contribution in [-0.4, -0.2) is 51.9 Å². The molecule has 8 nitrogen and oxygen atoms in total. The van der Waals surface area contributed by atoms with E-state index in [1.165, 1.54) is 4.90 Å². The van der Waals surface area contributed by atoms with Gasteiger partial charge in [-0.3, -0.25) is 4.90 Å². The molecule has 1 heterocycles. The van der Waals surface area contributed by atoms with Crippen molar-refractivity contribution < 1.29 is 29.0 Å². The summed E-state index contributed by atoms with van der Waals surface area (Å²) in [7, 11) is 0. The Morgan fingerprint density at radius 2 is 1.86 bits per heavy atom. The van der Waals surface area contributed by atoms with Gasteiger partial charge in [-0.15, -0.1) is 0 Å². The third-order valence-electron chi connectivity index (χ3n) is 5.04. The fraction of sp³-hybridized carbons (Fsp3) is 0.550. The van der Waals surface area contributed by atoms with Crippen LogP contribution in [0.2, 0.25) is 0 Å². The van der Waals surface area contributed by atoms with E-state index in [4.69, 9.17) is 9.47 Å². The molecule has 2 N–H and O–H groups in total. The number of alkyl carbamates (subject to hydrolysis) is 1. The smallest absolute Gasteiger partial charge is 0.411 e. The van der Waals surface area contributed by atoms with E-state index in [9.17, 15) is 19.5 Å². The maximum Gasteiger partial charge on any atom is 0.411 e. The average molecular weight is 390 g/mol. The van der Waals surface area contributed by atoms with Crippen molar-refractivity contribution in [2.24, 2.45) is 5.92 Å². The lowest BCUT2D eigenvalue weighted by molar-refractivity contribution is -0.145. The molecule has 1 saturated carbocycles. The topological polar surface area (TPSA) is 105 Å². The van der Waals surface area contributed by atoms with Crippen LogP contribution in [0.15, 0.2) is 30.3 Å². The predicted octanol–water partition coefficient (Wildman–Crippen LogP) is 2.76. The van der Waals surface area contributed by atoms with Gasteiger partial charge in [0.05, 0.1) is 12.1 Å². The summed E-state index contributed by atoms with van der Waals surface area (Å²) in [6.07, 6.45) is -0.254. The molecule has 8 heteroatoms. The Balaban J connectivity index is 1.63. The second kappa shape index (κ2) is 7.69. The van der Waals surface area contributed by atoms with Crippen LogP contribution in [0.25, 0.3) is 0 Å². The maximum absolute atomic E-state index is 12.6. The number of rotatable bonds is 4. The summed E-state index contributed by atoms with van der Waals surface area (Å²) in [4.78, 5) is 37.8. The first-order valence-corrected chi connectivity index (χ1v) is 9.37. The van der Waals surface area contributed by atoms with Crippen LogP contribution in [0.4, 0.5) is 9.59 Å². The maximum atomic E-state index is 12.6. The van der Waals surface area contributed by atoms with Gasteiger partial charge in [0.15, 0.2) is 0 Å². The SMILES string of the molecule is CC(C)(C)OC(=O)N1[C@H](C(=O)O)[C@H]2C[C@@H](NC(=O)OCc3ccccc3)[C@@H]1C2. The van der Waals surface area contributed by atoms with Gasteiger partial charge in [-0.2, -0.15) is 0 Å². The van der Waals surface area contributed by atoms with Gasteiger partial charge in [-0.1, -0.05) is 30.3 Å². The van der Waals surface area contributed by atoms with Crippen LogP contribution < -0.4 is 5.32 Å². The summed E-state index contributed by atoms with van der Waals surface area (Å²) in [6.45, 7) is 5.32. The van der Waals surface area contributed by atoms with Crippen molar-refractivity contribution in [1.29, 1.82) is 0 Å². The highest BCUT2D eigenvalue weighted by Crippen LogP contribution is 2.43. The van der Waals surface area contributed by atoms with Gasteiger partial charge in [0, 0.05) is 0 Å². The quantitative estimate of drug-likeness (QED) is 0.819.